The molecule has 0 atom stereocenters. The lowest BCUT2D eigenvalue weighted by Gasteiger charge is -2.10. The molecule has 0 aliphatic carbocycles. The van der Waals surface area contributed by atoms with E-state index in [0.717, 1.165) is 17.2 Å². The minimum Gasteiger partial charge on any atom is -0.497 e. The van der Waals surface area contributed by atoms with Crippen LogP contribution >= 0.6 is 0 Å². The van der Waals surface area contributed by atoms with Crippen molar-refractivity contribution in [2.75, 3.05) is 32.1 Å². The fraction of sp³-hybridized carbons (Fsp3) is 0.222. The maximum Gasteiger partial charge on any atom is 0.270 e. The molecule has 0 saturated carbocycles. The van der Waals surface area contributed by atoms with E-state index in [-0.39, 0.29) is 5.91 Å². The molecule has 0 aliphatic heterocycles. The first-order chi connectivity index (χ1) is 11.7. The summed E-state index contributed by atoms with van der Waals surface area (Å²) in [6.07, 6.45) is 3.21. The summed E-state index contributed by atoms with van der Waals surface area (Å²) >= 11 is 0. The fourth-order valence-corrected chi connectivity index (χ4v) is 1.96. The van der Waals surface area contributed by atoms with Gasteiger partial charge in [-0.3, -0.25) is 9.78 Å². The quantitative estimate of drug-likeness (QED) is 0.547. The van der Waals surface area contributed by atoms with Crippen LogP contribution in [0.15, 0.2) is 55.3 Å². The highest BCUT2D eigenvalue weighted by atomic mass is 16.5. The molecular formula is C18H21N3O3. The molecular weight excluding hydrogens is 306 g/mol. The Hall–Kier alpha value is -3.02. The highest BCUT2D eigenvalue weighted by Gasteiger charge is 2.06. The number of aromatic nitrogens is 1. The number of carbonyl (C=O) groups is 1. The molecule has 1 heterocycles. The molecule has 0 saturated heterocycles. The van der Waals surface area contributed by atoms with Gasteiger partial charge in [0.1, 0.15) is 23.8 Å². The molecule has 1 aromatic carbocycles. The molecule has 24 heavy (non-hydrogen) atoms. The first-order valence-electron chi connectivity index (χ1n) is 7.59. The summed E-state index contributed by atoms with van der Waals surface area (Å²) in [6, 6.07) is 10.9. The Morgan fingerprint density at radius 3 is 2.71 bits per heavy atom. The van der Waals surface area contributed by atoms with Crippen LogP contribution in [0.4, 0.5) is 5.69 Å². The third-order valence-electron chi connectivity index (χ3n) is 3.16. The third-order valence-corrected chi connectivity index (χ3v) is 3.16. The highest BCUT2D eigenvalue weighted by Crippen LogP contribution is 2.16. The minimum absolute atomic E-state index is 0.229. The monoisotopic (exact) mass is 327 g/mol. The molecule has 0 spiro atoms. The second-order valence-corrected chi connectivity index (χ2v) is 4.88. The average molecular weight is 327 g/mol. The van der Waals surface area contributed by atoms with Gasteiger partial charge in [-0.25, -0.2) is 0 Å². The normalized spacial score (nSPS) is 9.88. The Balaban J connectivity index is 1.79. The number of anilines is 1. The lowest BCUT2D eigenvalue weighted by molar-refractivity contribution is 0.0953. The zero-order chi connectivity index (χ0) is 17.2. The largest absolute Gasteiger partial charge is 0.497 e. The fourth-order valence-electron chi connectivity index (χ4n) is 1.96. The smallest absolute Gasteiger partial charge is 0.270 e. The van der Waals surface area contributed by atoms with E-state index in [1.165, 1.54) is 0 Å². The van der Waals surface area contributed by atoms with Gasteiger partial charge in [0.25, 0.3) is 5.91 Å². The SMILES string of the molecule is C=CCNC(=O)c1cc(NCCOc2ccc(OC)cc2)ccn1. The number of hydrogen-bond donors (Lipinski definition) is 2. The van der Waals surface area contributed by atoms with Crippen LogP contribution in [0.1, 0.15) is 10.5 Å². The molecule has 1 amide bonds. The number of benzene rings is 1. The Kier molecular flexibility index (Phi) is 6.64. The highest BCUT2D eigenvalue weighted by molar-refractivity contribution is 5.93. The van der Waals surface area contributed by atoms with Gasteiger partial charge >= 0.3 is 0 Å². The van der Waals surface area contributed by atoms with Crippen molar-refractivity contribution < 1.29 is 14.3 Å². The number of nitrogens with zero attached hydrogens (tertiary/aromatic N) is 1. The first-order valence-corrected chi connectivity index (χ1v) is 7.59. The molecule has 2 aromatic rings. The molecule has 6 nitrogen and oxygen atoms in total. The van der Waals surface area contributed by atoms with Crippen molar-refractivity contribution in [1.82, 2.24) is 10.3 Å². The number of pyridine rings is 1. The molecule has 0 radical (unpaired) electrons. The van der Waals surface area contributed by atoms with Crippen LogP contribution in [0.3, 0.4) is 0 Å². The van der Waals surface area contributed by atoms with Crippen molar-refractivity contribution >= 4 is 11.6 Å². The topological polar surface area (TPSA) is 72.5 Å². The van der Waals surface area contributed by atoms with Crippen LogP contribution in [0.2, 0.25) is 0 Å². The number of methoxy groups -OCH3 is 1. The van der Waals surface area contributed by atoms with Crippen LogP contribution in [-0.2, 0) is 0 Å². The van der Waals surface area contributed by atoms with Crippen LogP contribution in [-0.4, -0.2) is 37.7 Å². The number of nitrogens with one attached hydrogen (secondary N) is 2. The summed E-state index contributed by atoms with van der Waals surface area (Å²) in [5.74, 6) is 1.34. The molecule has 0 fully saturated rings. The van der Waals surface area contributed by atoms with E-state index in [9.17, 15) is 4.79 Å². The van der Waals surface area contributed by atoms with E-state index in [2.05, 4.69) is 22.2 Å². The third kappa shape index (κ3) is 5.31. The number of amides is 1. The number of ether oxygens (including phenoxy) is 2. The predicted molar refractivity (Wildman–Crippen MR) is 93.7 cm³/mol. The standard InChI is InChI=1S/C18H21N3O3/c1-3-9-21-18(22)17-13-14(8-10-20-17)19-11-12-24-16-6-4-15(23-2)5-7-16/h3-8,10,13H,1,9,11-12H2,2H3,(H,19,20)(H,21,22). The van der Waals surface area contributed by atoms with Gasteiger partial charge in [-0.2, -0.15) is 0 Å². The Bertz CT molecular complexity index is 671. The number of hydrogen-bond acceptors (Lipinski definition) is 5. The van der Waals surface area contributed by atoms with Gasteiger partial charge in [0.2, 0.25) is 0 Å². The van der Waals surface area contributed by atoms with E-state index in [1.54, 1.807) is 31.5 Å². The van der Waals surface area contributed by atoms with Gasteiger partial charge in [0, 0.05) is 25.0 Å². The molecule has 0 unspecified atom stereocenters. The molecule has 0 aliphatic rings. The molecule has 6 heteroatoms. The van der Waals surface area contributed by atoms with Crippen LogP contribution in [0.5, 0.6) is 11.5 Å². The Morgan fingerprint density at radius 2 is 2.00 bits per heavy atom. The van der Waals surface area contributed by atoms with E-state index in [4.69, 9.17) is 9.47 Å². The van der Waals surface area contributed by atoms with Crippen molar-refractivity contribution in [3.8, 4) is 11.5 Å². The van der Waals surface area contributed by atoms with Crippen molar-refractivity contribution in [2.24, 2.45) is 0 Å². The van der Waals surface area contributed by atoms with Gasteiger partial charge in [-0.05, 0) is 36.4 Å². The van der Waals surface area contributed by atoms with E-state index in [1.807, 2.05) is 24.3 Å². The first kappa shape index (κ1) is 17.3. The zero-order valence-corrected chi connectivity index (χ0v) is 13.6. The molecule has 2 rings (SSSR count). The Morgan fingerprint density at radius 1 is 1.25 bits per heavy atom. The second kappa shape index (κ2) is 9.19. The van der Waals surface area contributed by atoms with Crippen LogP contribution in [0.25, 0.3) is 0 Å². The van der Waals surface area contributed by atoms with Crippen LogP contribution in [0, 0.1) is 0 Å². The van der Waals surface area contributed by atoms with E-state index < -0.39 is 0 Å². The summed E-state index contributed by atoms with van der Waals surface area (Å²) in [7, 11) is 1.63. The van der Waals surface area contributed by atoms with Crippen LogP contribution < -0.4 is 20.1 Å². The van der Waals surface area contributed by atoms with Gasteiger partial charge in [0.15, 0.2) is 0 Å². The molecule has 2 N–H and O–H groups in total. The van der Waals surface area contributed by atoms with Crippen molar-refractivity contribution in [2.45, 2.75) is 0 Å². The summed E-state index contributed by atoms with van der Waals surface area (Å²) in [4.78, 5) is 15.9. The number of rotatable bonds is 9. The maximum atomic E-state index is 11.8. The average Bonchev–Trinajstić information content (AvgIpc) is 2.64. The second-order valence-electron chi connectivity index (χ2n) is 4.88. The summed E-state index contributed by atoms with van der Waals surface area (Å²) in [6.45, 7) is 5.06. The predicted octanol–water partition coefficient (Wildman–Crippen LogP) is 2.50. The van der Waals surface area contributed by atoms with Crippen molar-refractivity contribution in [3.05, 3.63) is 60.9 Å². The van der Waals surface area contributed by atoms with E-state index >= 15 is 0 Å². The lowest BCUT2D eigenvalue weighted by atomic mass is 10.3. The summed E-state index contributed by atoms with van der Waals surface area (Å²) in [5, 5.41) is 5.89. The summed E-state index contributed by atoms with van der Waals surface area (Å²) in [5.41, 5.74) is 1.17. The zero-order valence-electron chi connectivity index (χ0n) is 13.6. The van der Waals surface area contributed by atoms with E-state index in [0.29, 0.717) is 25.4 Å². The number of carbonyl (C=O) groups excluding carboxylic acids is 1. The molecule has 126 valence electrons. The maximum absolute atomic E-state index is 11.8. The molecule has 1 aromatic heterocycles. The molecule has 0 bridgehead atoms. The van der Waals surface area contributed by atoms with Crippen molar-refractivity contribution in [3.63, 3.8) is 0 Å². The lowest BCUT2D eigenvalue weighted by Crippen LogP contribution is -2.24. The van der Waals surface area contributed by atoms with Gasteiger partial charge < -0.3 is 20.1 Å². The Labute approximate surface area is 141 Å². The van der Waals surface area contributed by atoms with Crippen molar-refractivity contribution in [1.29, 1.82) is 0 Å². The summed E-state index contributed by atoms with van der Waals surface area (Å²) < 4.78 is 10.7. The van der Waals surface area contributed by atoms with Gasteiger partial charge in [-0.15, -0.1) is 6.58 Å². The van der Waals surface area contributed by atoms with Gasteiger partial charge in [-0.1, -0.05) is 6.08 Å². The minimum atomic E-state index is -0.229. The van der Waals surface area contributed by atoms with Gasteiger partial charge in [0.05, 0.1) is 7.11 Å².